The summed E-state index contributed by atoms with van der Waals surface area (Å²) < 4.78 is 16.0. The molecule has 0 fully saturated rings. The summed E-state index contributed by atoms with van der Waals surface area (Å²) in [6, 6.07) is 27.9. The van der Waals surface area contributed by atoms with E-state index in [2.05, 4.69) is 0 Å². The van der Waals surface area contributed by atoms with Crippen LogP contribution in [-0.2, 0) is 5.67 Å². The second-order valence-electron chi connectivity index (χ2n) is 4.76. The van der Waals surface area contributed by atoms with Crippen molar-refractivity contribution >= 4 is 0 Å². The van der Waals surface area contributed by atoms with Crippen LogP contribution in [0.5, 0.6) is 0 Å². The Balaban J connectivity index is 0.00000161. The fourth-order valence-corrected chi connectivity index (χ4v) is 2.50. The highest BCUT2D eigenvalue weighted by atomic mass is 19.1. The Morgan fingerprint density at radius 2 is 0.714 bits per heavy atom. The summed E-state index contributed by atoms with van der Waals surface area (Å²) in [4.78, 5) is 0. The van der Waals surface area contributed by atoms with Crippen LogP contribution in [0, 0.1) is 0 Å². The van der Waals surface area contributed by atoms with E-state index in [9.17, 15) is 0 Å². The number of rotatable bonds is 3. The molecule has 0 atom stereocenters. The van der Waals surface area contributed by atoms with Gasteiger partial charge in [-0.1, -0.05) is 91.0 Å². The zero-order valence-corrected chi connectivity index (χ0v) is 11.7. The summed E-state index contributed by atoms with van der Waals surface area (Å²) >= 11 is 0. The molecule has 3 rings (SSSR count). The van der Waals surface area contributed by atoms with E-state index >= 15 is 4.39 Å². The van der Waals surface area contributed by atoms with E-state index in [0.717, 1.165) is 0 Å². The summed E-state index contributed by atoms with van der Waals surface area (Å²) in [7, 11) is 0. The van der Waals surface area contributed by atoms with Crippen molar-refractivity contribution in [3.8, 4) is 0 Å². The molecule has 0 aliphatic carbocycles. The topological polar surface area (TPSA) is 35.0 Å². The highest BCUT2D eigenvalue weighted by molar-refractivity contribution is 5.46. The predicted octanol–water partition coefficient (Wildman–Crippen LogP) is 5.11. The maximum Gasteiger partial charge on any atom is 0.186 e. The van der Waals surface area contributed by atoms with Crippen LogP contribution in [-0.4, -0.2) is 0 Å². The molecule has 106 valence electrons. The van der Waals surface area contributed by atoms with Crippen molar-refractivity contribution < 1.29 is 4.39 Å². The Kier molecular flexibility index (Phi) is 4.51. The van der Waals surface area contributed by atoms with Gasteiger partial charge in [0.1, 0.15) is 0 Å². The molecule has 3 aromatic carbocycles. The molecule has 3 aromatic rings. The third-order valence-corrected chi connectivity index (χ3v) is 3.51. The minimum absolute atomic E-state index is 0. The number of benzene rings is 3. The van der Waals surface area contributed by atoms with Crippen molar-refractivity contribution in [2.24, 2.45) is 0 Å². The Labute approximate surface area is 124 Å². The number of hydrogen-bond acceptors (Lipinski definition) is 1. The van der Waals surface area contributed by atoms with Gasteiger partial charge in [-0.15, -0.1) is 0 Å². The lowest BCUT2D eigenvalue weighted by Crippen LogP contribution is -2.23. The van der Waals surface area contributed by atoms with Gasteiger partial charge in [0.15, 0.2) is 5.67 Å². The summed E-state index contributed by atoms with van der Waals surface area (Å²) in [6.45, 7) is 0. The maximum absolute atomic E-state index is 16.0. The molecular weight excluding hydrogens is 261 g/mol. The van der Waals surface area contributed by atoms with Gasteiger partial charge < -0.3 is 6.15 Å². The normalized spacial score (nSPS) is 10.7. The van der Waals surface area contributed by atoms with Crippen molar-refractivity contribution in [2.75, 3.05) is 0 Å². The average Bonchev–Trinajstić information content (AvgIpc) is 2.56. The standard InChI is InChI=1S/C19H15F.H3N/c20-19(16-10-4-1-5-11-16,17-12-6-2-7-13-17)18-14-8-3-9-15-18;/h1-15H;1H3. The third kappa shape index (κ3) is 2.71. The maximum atomic E-state index is 16.0. The molecule has 0 bridgehead atoms. The van der Waals surface area contributed by atoms with E-state index in [4.69, 9.17) is 0 Å². The minimum Gasteiger partial charge on any atom is -0.344 e. The molecule has 0 aliphatic rings. The second-order valence-corrected chi connectivity index (χ2v) is 4.76. The van der Waals surface area contributed by atoms with Crippen molar-refractivity contribution in [1.82, 2.24) is 6.15 Å². The quantitative estimate of drug-likeness (QED) is 0.664. The third-order valence-electron chi connectivity index (χ3n) is 3.51. The van der Waals surface area contributed by atoms with Gasteiger partial charge in [-0.3, -0.25) is 0 Å². The van der Waals surface area contributed by atoms with Gasteiger partial charge in [0.2, 0.25) is 0 Å². The smallest absolute Gasteiger partial charge is 0.186 e. The van der Waals surface area contributed by atoms with E-state index in [1.165, 1.54) is 0 Å². The lowest BCUT2D eigenvalue weighted by molar-refractivity contribution is 0.281. The fraction of sp³-hybridized carbons (Fsp3) is 0.0526. The molecule has 0 aromatic heterocycles. The van der Waals surface area contributed by atoms with Crippen LogP contribution in [0.2, 0.25) is 0 Å². The first-order valence-corrected chi connectivity index (χ1v) is 6.67. The molecule has 0 spiro atoms. The van der Waals surface area contributed by atoms with Crippen LogP contribution in [0.15, 0.2) is 91.0 Å². The minimum atomic E-state index is -1.62. The highest BCUT2D eigenvalue weighted by Gasteiger charge is 2.35. The van der Waals surface area contributed by atoms with Crippen molar-refractivity contribution in [3.63, 3.8) is 0 Å². The first-order valence-electron chi connectivity index (χ1n) is 6.67. The molecule has 0 amide bonds. The summed E-state index contributed by atoms with van der Waals surface area (Å²) in [5, 5.41) is 0. The van der Waals surface area contributed by atoms with E-state index in [1.54, 1.807) is 0 Å². The Morgan fingerprint density at radius 1 is 0.476 bits per heavy atom. The monoisotopic (exact) mass is 279 g/mol. The highest BCUT2D eigenvalue weighted by Crippen LogP contribution is 2.40. The fourth-order valence-electron chi connectivity index (χ4n) is 2.50. The zero-order chi connectivity index (χ0) is 13.8. The van der Waals surface area contributed by atoms with Crippen LogP contribution in [0.4, 0.5) is 4.39 Å². The molecule has 1 nitrogen and oxygen atoms in total. The number of hydrogen-bond donors (Lipinski definition) is 1. The molecule has 2 heteroatoms. The lowest BCUT2D eigenvalue weighted by Gasteiger charge is -2.27. The Bertz CT molecular complexity index is 569. The van der Waals surface area contributed by atoms with Crippen molar-refractivity contribution in [2.45, 2.75) is 5.67 Å². The number of halogens is 1. The molecule has 0 unspecified atom stereocenters. The van der Waals surface area contributed by atoms with Gasteiger partial charge >= 0.3 is 0 Å². The molecule has 0 aliphatic heterocycles. The van der Waals surface area contributed by atoms with Gasteiger partial charge in [0, 0.05) is 0 Å². The average molecular weight is 279 g/mol. The largest absolute Gasteiger partial charge is 0.344 e. The summed E-state index contributed by atoms with van der Waals surface area (Å²) in [6.07, 6.45) is 0. The molecule has 0 heterocycles. The molecule has 3 N–H and O–H groups in total. The zero-order valence-electron chi connectivity index (χ0n) is 11.7. The van der Waals surface area contributed by atoms with E-state index < -0.39 is 5.67 Å². The first kappa shape index (κ1) is 14.9. The van der Waals surface area contributed by atoms with Gasteiger partial charge in [-0.05, 0) is 16.7 Å². The van der Waals surface area contributed by atoms with E-state index in [1.807, 2.05) is 91.0 Å². The first-order chi connectivity index (χ1) is 9.82. The molecule has 21 heavy (non-hydrogen) atoms. The SMILES string of the molecule is FC(c1ccccc1)(c1ccccc1)c1ccccc1.N. The second kappa shape index (κ2) is 6.33. The van der Waals surface area contributed by atoms with Crippen molar-refractivity contribution in [1.29, 1.82) is 0 Å². The molecule has 0 saturated heterocycles. The Hall–Kier alpha value is -2.45. The van der Waals surface area contributed by atoms with Crippen LogP contribution in [0.25, 0.3) is 0 Å². The summed E-state index contributed by atoms with van der Waals surface area (Å²) in [5.41, 5.74) is 0.330. The predicted molar refractivity (Wildman–Crippen MR) is 85.3 cm³/mol. The van der Waals surface area contributed by atoms with Gasteiger partial charge in [0.25, 0.3) is 0 Å². The van der Waals surface area contributed by atoms with E-state index in [-0.39, 0.29) is 6.15 Å². The Morgan fingerprint density at radius 3 is 0.952 bits per heavy atom. The van der Waals surface area contributed by atoms with E-state index in [0.29, 0.717) is 16.7 Å². The van der Waals surface area contributed by atoms with Crippen LogP contribution >= 0.6 is 0 Å². The van der Waals surface area contributed by atoms with Gasteiger partial charge in [-0.25, -0.2) is 4.39 Å². The van der Waals surface area contributed by atoms with Crippen LogP contribution < -0.4 is 6.15 Å². The number of alkyl halides is 1. The van der Waals surface area contributed by atoms with Gasteiger partial charge in [-0.2, -0.15) is 0 Å². The lowest BCUT2D eigenvalue weighted by atomic mass is 9.82. The summed E-state index contributed by atoms with van der Waals surface area (Å²) in [5.74, 6) is 0. The van der Waals surface area contributed by atoms with Crippen LogP contribution in [0.1, 0.15) is 16.7 Å². The van der Waals surface area contributed by atoms with Gasteiger partial charge in [0.05, 0.1) is 0 Å². The molecular formula is C19H18FN. The van der Waals surface area contributed by atoms with Crippen LogP contribution in [0.3, 0.4) is 0 Å². The van der Waals surface area contributed by atoms with Crippen molar-refractivity contribution in [3.05, 3.63) is 108 Å². The molecule has 0 radical (unpaired) electrons. The molecule has 0 saturated carbocycles.